The molecule has 0 aliphatic carbocycles. The summed E-state index contributed by atoms with van der Waals surface area (Å²) in [6.07, 6.45) is 0.802. The van der Waals surface area contributed by atoms with Gasteiger partial charge in [-0.25, -0.2) is 4.79 Å². The normalized spacial score (nSPS) is 13.2. The van der Waals surface area contributed by atoms with E-state index in [1.165, 1.54) is 5.56 Å². The Bertz CT molecular complexity index is 782. The predicted molar refractivity (Wildman–Crippen MR) is 98.6 cm³/mol. The molecule has 0 radical (unpaired) electrons. The molecule has 132 valence electrons. The van der Waals surface area contributed by atoms with Gasteiger partial charge in [-0.1, -0.05) is 6.07 Å². The quantitative estimate of drug-likeness (QED) is 0.921. The van der Waals surface area contributed by atoms with E-state index in [2.05, 4.69) is 11.4 Å². The van der Waals surface area contributed by atoms with Gasteiger partial charge in [-0.2, -0.15) is 0 Å². The van der Waals surface area contributed by atoms with Crippen molar-refractivity contribution in [1.82, 2.24) is 4.90 Å². The first-order valence-corrected chi connectivity index (χ1v) is 8.38. The van der Waals surface area contributed by atoms with Crippen LogP contribution >= 0.6 is 0 Å². The van der Waals surface area contributed by atoms with Crippen LogP contribution in [0.5, 0.6) is 11.5 Å². The molecule has 2 aromatic rings. The van der Waals surface area contributed by atoms with Crippen LogP contribution in [0.4, 0.5) is 10.5 Å². The van der Waals surface area contributed by atoms with Gasteiger partial charge in [0, 0.05) is 18.8 Å². The number of hydrogen-bond donors (Lipinski definition) is 1. The van der Waals surface area contributed by atoms with Crippen molar-refractivity contribution >= 4 is 11.7 Å². The molecule has 0 saturated carbocycles. The molecule has 0 saturated heterocycles. The minimum absolute atomic E-state index is 0.0783. The van der Waals surface area contributed by atoms with E-state index in [1.807, 2.05) is 43.0 Å². The number of aryl methyl sites for hydroxylation is 2. The van der Waals surface area contributed by atoms with E-state index < -0.39 is 0 Å². The Balaban J connectivity index is 1.76. The first-order valence-electron chi connectivity index (χ1n) is 8.38. The molecule has 0 bridgehead atoms. The van der Waals surface area contributed by atoms with Crippen molar-refractivity contribution in [2.24, 2.45) is 0 Å². The van der Waals surface area contributed by atoms with Gasteiger partial charge in [0.05, 0.1) is 14.2 Å². The molecule has 3 rings (SSSR count). The van der Waals surface area contributed by atoms with Gasteiger partial charge >= 0.3 is 6.03 Å². The van der Waals surface area contributed by atoms with Crippen LogP contribution in [0.3, 0.4) is 0 Å². The maximum Gasteiger partial charge on any atom is 0.322 e. The number of amides is 2. The highest BCUT2D eigenvalue weighted by atomic mass is 16.5. The van der Waals surface area contributed by atoms with E-state index in [0.717, 1.165) is 34.5 Å². The molecule has 0 aromatic heterocycles. The third-order valence-electron chi connectivity index (χ3n) is 4.48. The van der Waals surface area contributed by atoms with E-state index in [-0.39, 0.29) is 6.03 Å². The van der Waals surface area contributed by atoms with Crippen LogP contribution in [0, 0.1) is 13.8 Å². The molecule has 25 heavy (non-hydrogen) atoms. The van der Waals surface area contributed by atoms with Crippen molar-refractivity contribution in [1.29, 1.82) is 0 Å². The molecular formula is C20H24N2O3. The van der Waals surface area contributed by atoms with Gasteiger partial charge in [-0.05, 0) is 66.8 Å². The maximum absolute atomic E-state index is 12.6. The number of nitrogens with zero attached hydrogens (tertiary/aromatic N) is 1. The van der Waals surface area contributed by atoms with Gasteiger partial charge in [0.1, 0.15) is 0 Å². The van der Waals surface area contributed by atoms with E-state index in [1.54, 1.807) is 14.2 Å². The SMILES string of the molecule is COc1cc2c(cc1OC)CN(C(=O)Nc1cc(C)cc(C)c1)CC2. The summed E-state index contributed by atoms with van der Waals surface area (Å²) in [6.45, 7) is 5.30. The summed E-state index contributed by atoms with van der Waals surface area (Å²) < 4.78 is 10.7. The first-order chi connectivity index (χ1) is 12.0. The smallest absolute Gasteiger partial charge is 0.322 e. The highest BCUT2D eigenvalue weighted by Gasteiger charge is 2.23. The molecule has 2 amide bonds. The average Bonchev–Trinajstić information content (AvgIpc) is 2.58. The molecule has 0 atom stereocenters. The third-order valence-corrected chi connectivity index (χ3v) is 4.48. The molecule has 5 nitrogen and oxygen atoms in total. The van der Waals surface area contributed by atoms with Crippen molar-refractivity contribution < 1.29 is 14.3 Å². The molecular weight excluding hydrogens is 316 g/mol. The number of benzene rings is 2. The molecule has 0 fully saturated rings. The Hall–Kier alpha value is -2.69. The minimum atomic E-state index is -0.0783. The van der Waals surface area contributed by atoms with E-state index in [9.17, 15) is 4.79 Å². The van der Waals surface area contributed by atoms with Gasteiger partial charge in [0.2, 0.25) is 0 Å². The molecule has 1 heterocycles. The summed E-state index contributed by atoms with van der Waals surface area (Å²) in [6, 6.07) is 9.95. The molecule has 1 N–H and O–H groups in total. The van der Waals surface area contributed by atoms with Crippen molar-refractivity contribution in [3.63, 3.8) is 0 Å². The Morgan fingerprint density at radius 1 is 0.960 bits per heavy atom. The number of urea groups is 1. The molecule has 1 aliphatic rings. The van der Waals surface area contributed by atoms with Crippen molar-refractivity contribution in [2.45, 2.75) is 26.8 Å². The van der Waals surface area contributed by atoms with Gasteiger partial charge in [0.15, 0.2) is 11.5 Å². The van der Waals surface area contributed by atoms with E-state index >= 15 is 0 Å². The minimum Gasteiger partial charge on any atom is -0.493 e. The lowest BCUT2D eigenvalue weighted by Gasteiger charge is -2.29. The fourth-order valence-corrected chi connectivity index (χ4v) is 3.31. The van der Waals surface area contributed by atoms with Crippen LogP contribution < -0.4 is 14.8 Å². The molecule has 1 aliphatic heterocycles. The van der Waals surface area contributed by atoms with Crippen LogP contribution in [0.15, 0.2) is 30.3 Å². The van der Waals surface area contributed by atoms with E-state index in [0.29, 0.717) is 18.8 Å². The number of hydrogen-bond acceptors (Lipinski definition) is 3. The van der Waals surface area contributed by atoms with Gasteiger partial charge < -0.3 is 19.7 Å². The number of carbonyl (C=O) groups excluding carboxylic acids is 1. The molecule has 5 heteroatoms. The predicted octanol–water partition coefficient (Wildman–Crippen LogP) is 3.91. The fraction of sp³-hybridized carbons (Fsp3) is 0.350. The van der Waals surface area contributed by atoms with Gasteiger partial charge in [-0.15, -0.1) is 0 Å². The highest BCUT2D eigenvalue weighted by Crippen LogP contribution is 2.33. The zero-order chi connectivity index (χ0) is 18.0. The summed E-state index contributed by atoms with van der Waals surface area (Å²) >= 11 is 0. The second-order valence-electron chi connectivity index (χ2n) is 6.45. The summed E-state index contributed by atoms with van der Waals surface area (Å²) in [5.41, 5.74) is 5.40. The van der Waals surface area contributed by atoms with Crippen molar-refractivity contribution in [2.75, 3.05) is 26.1 Å². The number of methoxy groups -OCH3 is 2. The zero-order valence-corrected chi connectivity index (χ0v) is 15.2. The topological polar surface area (TPSA) is 50.8 Å². The van der Waals surface area contributed by atoms with E-state index in [4.69, 9.17) is 9.47 Å². The Morgan fingerprint density at radius 2 is 1.56 bits per heavy atom. The number of anilines is 1. The number of fused-ring (bicyclic) bond motifs is 1. The largest absolute Gasteiger partial charge is 0.493 e. The highest BCUT2D eigenvalue weighted by molar-refractivity contribution is 5.89. The van der Waals surface area contributed by atoms with Gasteiger partial charge in [-0.3, -0.25) is 0 Å². The lowest BCUT2D eigenvalue weighted by molar-refractivity contribution is 0.206. The van der Waals surface area contributed by atoms with Crippen molar-refractivity contribution in [3.05, 3.63) is 52.6 Å². The van der Waals surface area contributed by atoms with Crippen LogP contribution in [-0.2, 0) is 13.0 Å². The Kier molecular flexibility index (Phi) is 4.83. The molecule has 0 unspecified atom stereocenters. The standard InChI is InChI=1S/C20H24N2O3/c1-13-7-14(2)9-17(8-13)21-20(23)22-6-5-15-10-18(24-3)19(25-4)11-16(15)12-22/h7-11H,5-6,12H2,1-4H3,(H,21,23). The summed E-state index contributed by atoms with van der Waals surface area (Å²) in [5, 5.41) is 3.01. The average molecular weight is 340 g/mol. The molecule has 0 spiro atoms. The number of ether oxygens (including phenoxy) is 2. The Morgan fingerprint density at radius 3 is 2.16 bits per heavy atom. The van der Waals surface area contributed by atoms with Crippen molar-refractivity contribution in [3.8, 4) is 11.5 Å². The van der Waals surface area contributed by atoms with Crippen LogP contribution in [0.1, 0.15) is 22.3 Å². The second-order valence-corrected chi connectivity index (χ2v) is 6.45. The number of carbonyl (C=O) groups is 1. The van der Waals surface area contributed by atoms with Crippen LogP contribution in [-0.4, -0.2) is 31.7 Å². The summed E-state index contributed by atoms with van der Waals surface area (Å²) in [7, 11) is 3.26. The lowest BCUT2D eigenvalue weighted by atomic mass is 9.99. The van der Waals surface area contributed by atoms with Crippen LogP contribution in [0.25, 0.3) is 0 Å². The van der Waals surface area contributed by atoms with Crippen LogP contribution in [0.2, 0.25) is 0 Å². The summed E-state index contributed by atoms with van der Waals surface area (Å²) in [4.78, 5) is 14.5. The number of nitrogens with one attached hydrogen (secondary N) is 1. The maximum atomic E-state index is 12.6. The Labute approximate surface area is 148 Å². The third kappa shape index (κ3) is 3.71. The number of rotatable bonds is 3. The zero-order valence-electron chi connectivity index (χ0n) is 15.2. The second kappa shape index (κ2) is 7.05. The monoisotopic (exact) mass is 340 g/mol. The lowest BCUT2D eigenvalue weighted by Crippen LogP contribution is -2.38. The molecule has 2 aromatic carbocycles. The van der Waals surface area contributed by atoms with Gasteiger partial charge in [0.25, 0.3) is 0 Å². The first kappa shape index (κ1) is 17.1. The fourth-order valence-electron chi connectivity index (χ4n) is 3.31. The summed E-state index contributed by atoms with van der Waals surface area (Å²) in [5.74, 6) is 1.42.